The Morgan fingerprint density at radius 1 is 1.17 bits per heavy atom. The summed E-state index contributed by atoms with van der Waals surface area (Å²) in [5, 5.41) is 15.9. The number of nitro groups is 1. The van der Waals surface area contributed by atoms with Crippen LogP contribution in [0, 0.1) is 54.2 Å². The van der Waals surface area contributed by atoms with Crippen molar-refractivity contribution in [3.05, 3.63) is 69.9 Å². The Morgan fingerprint density at radius 2 is 1.79 bits per heavy atom. The summed E-state index contributed by atoms with van der Waals surface area (Å²) < 4.78 is 0. The summed E-state index contributed by atoms with van der Waals surface area (Å²) in [5.41, 5.74) is 9.42. The van der Waals surface area contributed by atoms with Crippen LogP contribution < -0.4 is 10.6 Å². The summed E-state index contributed by atoms with van der Waals surface area (Å²) in [7, 11) is 0. The molecule has 0 aliphatic heterocycles. The summed E-state index contributed by atoms with van der Waals surface area (Å²) in [6, 6.07) is 12.3. The molecule has 2 amide bonds. The number of rotatable bonds is 5. The zero-order valence-electron chi connectivity index (χ0n) is 13.2. The first-order valence-electron chi connectivity index (χ1n) is 7.06. The summed E-state index contributed by atoms with van der Waals surface area (Å²) >= 11 is 0. The molecule has 1 radical (unpaired) electrons. The van der Waals surface area contributed by atoms with Gasteiger partial charge in [0.2, 0.25) is 0 Å². The van der Waals surface area contributed by atoms with Gasteiger partial charge in [-0.15, -0.1) is 6.04 Å². The SMILES string of the molecule is CC([NH-])Cc1ccc(NC(=O)Nc2cccc([N+](=O)[O-])c2)cc1.[Ac]. The van der Waals surface area contributed by atoms with E-state index in [4.69, 9.17) is 5.73 Å². The minimum Gasteiger partial charge on any atom is -0.675 e. The van der Waals surface area contributed by atoms with Crippen LogP contribution in [0.5, 0.6) is 0 Å². The van der Waals surface area contributed by atoms with Crippen LogP contribution in [-0.4, -0.2) is 17.0 Å². The van der Waals surface area contributed by atoms with Crippen LogP contribution in [0.25, 0.3) is 5.73 Å². The van der Waals surface area contributed by atoms with Crippen molar-refractivity contribution in [3.63, 3.8) is 0 Å². The van der Waals surface area contributed by atoms with Gasteiger partial charge in [-0.1, -0.05) is 25.1 Å². The largest absolute Gasteiger partial charge is 0.675 e. The topological polar surface area (TPSA) is 108 Å². The van der Waals surface area contributed by atoms with E-state index in [0.717, 1.165) is 5.56 Å². The average Bonchev–Trinajstić information content (AvgIpc) is 2.49. The molecule has 0 heterocycles. The van der Waals surface area contributed by atoms with Gasteiger partial charge in [0, 0.05) is 67.6 Å². The molecule has 2 aromatic carbocycles. The van der Waals surface area contributed by atoms with Gasteiger partial charge < -0.3 is 16.4 Å². The van der Waals surface area contributed by atoms with Crippen LogP contribution in [0.3, 0.4) is 0 Å². The Balaban J connectivity index is 0.00000288. The fourth-order valence-electron chi connectivity index (χ4n) is 2.07. The van der Waals surface area contributed by atoms with Gasteiger partial charge in [0.15, 0.2) is 0 Å². The van der Waals surface area contributed by atoms with Gasteiger partial charge in [-0.2, -0.15) is 0 Å². The predicted octanol–water partition coefficient (Wildman–Crippen LogP) is 4.22. The average molecular weight is 540 g/mol. The van der Waals surface area contributed by atoms with E-state index in [1.807, 2.05) is 19.1 Å². The molecule has 7 nitrogen and oxygen atoms in total. The number of urea groups is 1. The third kappa shape index (κ3) is 6.56. The predicted molar refractivity (Wildman–Crippen MR) is 89.7 cm³/mol. The number of amides is 2. The maximum atomic E-state index is 11.9. The first kappa shape index (κ1) is 20.6. The number of nitro benzene ring substituents is 1. The van der Waals surface area contributed by atoms with E-state index in [0.29, 0.717) is 17.8 Å². The molecule has 3 N–H and O–H groups in total. The van der Waals surface area contributed by atoms with Crippen molar-refractivity contribution in [2.75, 3.05) is 10.6 Å². The molecule has 0 saturated heterocycles. The van der Waals surface area contributed by atoms with Crippen molar-refractivity contribution in [1.29, 1.82) is 0 Å². The molecule has 0 bridgehead atoms. The quantitative estimate of drug-likeness (QED) is 0.438. The minimum absolute atomic E-state index is 0. The molecule has 1 atom stereocenters. The number of hydrogen-bond donors (Lipinski definition) is 2. The monoisotopic (exact) mass is 540 g/mol. The number of nitrogens with one attached hydrogen (secondary N) is 3. The molecule has 1 unspecified atom stereocenters. The second-order valence-corrected chi connectivity index (χ2v) is 5.19. The van der Waals surface area contributed by atoms with Crippen molar-refractivity contribution < 1.29 is 53.8 Å². The maximum absolute atomic E-state index is 11.9. The first-order valence-corrected chi connectivity index (χ1v) is 7.06. The van der Waals surface area contributed by atoms with Crippen LogP contribution in [0.15, 0.2) is 48.5 Å². The van der Waals surface area contributed by atoms with Gasteiger partial charge in [-0.25, -0.2) is 4.79 Å². The van der Waals surface area contributed by atoms with E-state index < -0.39 is 11.0 Å². The number of anilines is 2. The molecular formula is C16H17AcN4O3-. The van der Waals surface area contributed by atoms with Crippen molar-refractivity contribution in [3.8, 4) is 0 Å². The van der Waals surface area contributed by atoms with Crippen LogP contribution in [-0.2, 0) is 6.42 Å². The Kier molecular flexibility index (Phi) is 8.33. The zero-order valence-corrected chi connectivity index (χ0v) is 17.9. The molecular weight excluding hydrogens is 523 g/mol. The van der Waals surface area contributed by atoms with Gasteiger partial charge in [0.1, 0.15) is 0 Å². The number of benzene rings is 2. The molecule has 0 saturated carbocycles. The molecule has 24 heavy (non-hydrogen) atoms. The first-order chi connectivity index (χ1) is 10.9. The molecule has 0 aliphatic rings. The summed E-state index contributed by atoms with van der Waals surface area (Å²) in [4.78, 5) is 22.1. The van der Waals surface area contributed by atoms with E-state index >= 15 is 0 Å². The van der Waals surface area contributed by atoms with E-state index in [2.05, 4.69) is 10.6 Å². The van der Waals surface area contributed by atoms with E-state index in [1.165, 1.54) is 18.2 Å². The van der Waals surface area contributed by atoms with Crippen molar-refractivity contribution in [1.82, 2.24) is 0 Å². The van der Waals surface area contributed by atoms with Crippen molar-refractivity contribution in [2.24, 2.45) is 0 Å². The molecule has 8 heteroatoms. The molecule has 123 valence electrons. The van der Waals surface area contributed by atoms with Crippen LogP contribution >= 0.6 is 0 Å². The summed E-state index contributed by atoms with van der Waals surface area (Å²) in [6.07, 6.45) is 0.653. The van der Waals surface area contributed by atoms with Gasteiger partial charge in [0.25, 0.3) is 5.69 Å². The Bertz CT molecular complexity index is 705. The minimum atomic E-state index is -0.519. The van der Waals surface area contributed by atoms with Gasteiger partial charge in [0.05, 0.1) is 4.92 Å². The van der Waals surface area contributed by atoms with Crippen molar-refractivity contribution in [2.45, 2.75) is 19.4 Å². The van der Waals surface area contributed by atoms with Gasteiger partial charge >= 0.3 is 6.03 Å². The van der Waals surface area contributed by atoms with Crippen LogP contribution in [0.2, 0.25) is 0 Å². The van der Waals surface area contributed by atoms with Crippen molar-refractivity contribution >= 4 is 23.1 Å². The summed E-state index contributed by atoms with van der Waals surface area (Å²) in [5.74, 6) is 0. The Hall–Kier alpha value is -1.49. The fraction of sp³-hybridized carbons (Fsp3) is 0.188. The van der Waals surface area contributed by atoms with E-state index in [9.17, 15) is 14.9 Å². The second-order valence-electron chi connectivity index (χ2n) is 5.19. The number of hydrogen-bond acceptors (Lipinski definition) is 3. The molecule has 0 aromatic heterocycles. The van der Waals surface area contributed by atoms with Crippen LogP contribution in [0.1, 0.15) is 12.5 Å². The standard InChI is InChI=1S/C16H17N4O3.Ac/c1-11(17)9-12-5-7-13(8-6-12)18-16(21)19-14-3-2-4-15(10-14)20(22)23;/h2-8,10-11,17H,9H2,1H3,(H2,18,19,21);/q-1;. The zero-order chi connectivity index (χ0) is 16.8. The number of non-ortho nitro benzene ring substituents is 1. The van der Waals surface area contributed by atoms with E-state index in [1.54, 1.807) is 18.2 Å². The normalized spacial score (nSPS) is 11.1. The third-order valence-electron chi connectivity index (χ3n) is 3.07. The molecule has 0 aliphatic carbocycles. The third-order valence-corrected chi connectivity index (χ3v) is 3.07. The molecule has 0 fully saturated rings. The van der Waals surface area contributed by atoms with Gasteiger partial charge in [-0.05, 0) is 30.2 Å². The summed E-state index contributed by atoms with van der Waals surface area (Å²) in [6.45, 7) is 1.82. The smallest absolute Gasteiger partial charge is 0.323 e. The number of carbonyl (C=O) groups is 1. The Morgan fingerprint density at radius 3 is 2.38 bits per heavy atom. The molecule has 2 rings (SSSR count). The second kappa shape index (κ2) is 9.72. The molecule has 2 aromatic rings. The van der Waals surface area contributed by atoms with Crippen LogP contribution in [0.4, 0.5) is 21.9 Å². The van der Waals surface area contributed by atoms with E-state index in [-0.39, 0.29) is 55.8 Å². The Labute approximate surface area is 175 Å². The maximum Gasteiger partial charge on any atom is 0.323 e. The fourth-order valence-corrected chi connectivity index (χ4v) is 2.07. The van der Waals surface area contributed by atoms with Gasteiger partial charge in [-0.3, -0.25) is 10.1 Å². The molecule has 0 spiro atoms. The number of nitrogens with zero attached hydrogens (tertiary/aromatic N) is 1. The number of carbonyl (C=O) groups excluding carboxylic acids is 1.